The monoisotopic (exact) mass is 838 g/mol. The van der Waals surface area contributed by atoms with Gasteiger partial charge in [-0.3, -0.25) is 19.3 Å². The minimum atomic E-state index is -1.75. The number of esters is 1. The van der Waals surface area contributed by atoms with Crippen molar-refractivity contribution in [3.63, 3.8) is 0 Å². The summed E-state index contributed by atoms with van der Waals surface area (Å²) < 4.78 is 31.0. The van der Waals surface area contributed by atoms with Crippen LogP contribution in [0.15, 0.2) is 29.5 Å². The number of anilines is 1. The van der Waals surface area contributed by atoms with Crippen molar-refractivity contribution >= 4 is 23.1 Å². The van der Waals surface area contributed by atoms with Gasteiger partial charge >= 0.3 is 5.97 Å². The van der Waals surface area contributed by atoms with Crippen LogP contribution in [0.1, 0.15) is 56.7 Å². The summed E-state index contributed by atoms with van der Waals surface area (Å²) in [7, 11) is 0. The summed E-state index contributed by atoms with van der Waals surface area (Å²) in [6, 6.07) is -0.408. The number of aromatic nitrogens is 7. The van der Waals surface area contributed by atoms with Crippen molar-refractivity contribution in [1.82, 2.24) is 34.5 Å². The van der Waals surface area contributed by atoms with Gasteiger partial charge in [0.15, 0.2) is 23.7 Å². The van der Waals surface area contributed by atoms with E-state index in [4.69, 9.17) is 29.4 Å². The summed E-state index contributed by atoms with van der Waals surface area (Å²) >= 11 is 0. The van der Waals surface area contributed by atoms with Crippen LogP contribution in [0.2, 0.25) is 0 Å². The molecule has 6 rings (SSSR count). The number of carbonyl (C=O) groups excluding carboxylic acids is 1. The molecular weight excluding hydrogens is 784 g/mol. The Balaban J connectivity index is 0.836. The number of nitrogens with zero attached hydrogens (tertiary/aromatic N) is 6. The zero-order chi connectivity index (χ0) is 42.4. The Labute approximate surface area is 337 Å². The third kappa shape index (κ3) is 10.3. The number of H-pyrrole nitrogens is 1. The number of hydrogen-bond donors (Lipinski definition) is 10. The number of unbranched alkanes of at least 4 members (excludes halogenated alkanes) is 3. The molecule has 0 aromatic carbocycles. The third-order valence-electron chi connectivity index (χ3n) is 11.0. The van der Waals surface area contributed by atoms with E-state index in [1.54, 1.807) is 9.25 Å². The summed E-state index contributed by atoms with van der Waals surface area (Å²) in [6.45, 7) is 3.53. The molecule has 2 saturated heterocycles. The minimum Gasteiger partial charge on any atom is -0.465 e. The number of nitrogen functional groups attached to an aromatic ring is 1. The van der Waals surface area contributed by atoms with Crippen LogP contribution in [-0.2, 0) is 41.4 Å². The van der Waals surface area contributed by atoms with Crippen LogP contribution in [0.4, 0.5) is 5.95 Å². The topological polar surface area (TPSA) is 345 Å². The first-order valence-electron chi connectivity index (χ1n) is 19.6. The number of carbonyl (C=O) groups is 1. The van der Waals surface area contributed by atoms with Crippen LogP contribution < -0.4 is 11.3 Å². The SMILES string of the molecule is C=C1[C@H](COC(=O)CCCc2cn(CCCCCCO[C@@H]3OC(CO)[C@@H](O[C@@H]4OC(CO)[C@H](O)[C@H](O)C4O)[C@H](O)C3O)nn2)[C@@H](O)C[C@@H]1n1cnc2c(=O)[nH]c(N)nc21. The zero-order valence-corrected chi connectivity index (χ0v) is 32.3. The molecule has 1 aliphatic carbocycles. The number of nitrogens with one attached hydrogen (secondary N) is 1. The Hall–Kier alpha value is -3.98. The smallest absolute Gasteiger partial charge is 0.305 e. The lowest BCUT2D eigenvalue weighted by Crippen LogP contribution is -2.64. The van der Waals surface area contributed by atoms with Crippen LogP contribution in [0.5, 0.6) is 0 Å². The van der Waals surface area contributed by atoms with Crippen molar-refractivity contribution in [3.8, 4) is 0 Å². The molecule has 59 heavy (non-hydrogen) atoms. The highest BCUT2D eigenvalue weighted by Crippen LogP contribution is 2.40. The van der Waals surface area contributed by atoms with E-state index in [9.17, 15) is 50.4 Å². The second kappa shape index (κ2) is 20.1. The van der Waals surface area contributed by atoms with E-state index in [-0.39, 0.29) is 43.2 Å². The maximum Gasteiger partial charge on any atom is 0.305 e. The van der Waals surface area contributed by atoms with Crippen LogP contribution in [-0.4, -0.2) is 175 Å². The maximum atomic E-state index is 12.6. The van der Waals surface area contributed by atoms with Crippen LogP contribution >= 0.6 is 0 Å². The molecule has 2 aliphatic heterocycles. The van der Waals surface area contributed by atoms with Crippen LogP contribution in [0, 0.1) is 5.92 Å². The van der Waals surface area contributed by atoms with Crippen molar-refractivity contribution in [1.29, 1.82) is 0 Å². The van der Waals surface area contributed by atoms with E-state index in [0.29, 0.717) is 31.4 Å². The highest BCUT2D eigenvalue weighted by molar-refractivity contribution is 5.71. The molecule has 3 aromatic heterocycles. The lowest BCUT2D eigenvalue weighted by atomic mass is 9.97. The quantitative estimate of drug-likeness (QED) is 0.0319. The summed E-state index contributed by atoms with van der Waals surface area (Å²) in [6.07, 6.45) is -8.23. The van der Waals surface area contributed by atoms with Gasteiger partial charge in [-0.2, -0.15) is 4.98 Å². The van der Waals surface area contributed by atoms with Crippen molar-refractivity contribution in [2.45, 2.75) is 131 Å². The fourth-order valence-electron chi connectivity index (χ4n) is 7.57. The Morgan fingerprint density at radius 1 is 0.949 bits per heavy atom. The predicted octanol–water partition coefficient (Wildman–Crippen LogP) is -3.46. The second-order valence-electron chi connectivity index (χ2n) is 15.1. The average molecular weight is 839 g/mol. The zero-order valence-electron chi connectivity index (χ0n) is 32.3. The standard InChI is InChI=1S/C36H54N8O15/c1-17-19(21(47)11-20(17)44-16-38-25-32(44)39-36(37)40-33(25)54)15-56-24(48)8-6-7-18-12-43(42-41-18)9-4-2-3-5-10-55-34-30(53)28(51)31(23(14-46)58-34)59-35-29(52)27(50)26(49)22(13-45)57-35/h12,16,19-23,26-31,34-35,45-47,49-53H,1-11,13-15H2,(H3,37,39,40,54)/t19-,20-,21-,22?,23?,26-,27-,28+,29?,30?,31+,34+,35-/m0/s1. The Bertz CT molecular complexity index is 1910. The molecule has 0 amide bonds. The molecule has 1 saturated carbocycles. The van der Waals surface area contributed by atoms with Crippen molar-refractivity contribution in [3.05, 3.63) is 40.7 Å². The van der Waals surface area contributed by atoms with Gasteiger partial charge in [0.05, 0.1) is 37.4 Å². The van der Waals surface area contributed by atoms with Gasteiger partial charge in [-0.05, 0) is 37.7 Å². The number of fused-ring (bicyclic) bond motifs is 1. The van der Waals surface area contributed by atoms with E-state index in [2.05, 4.69) is 31.8 Å². The molecule has 0 bridgehead atoms. The molecule has 23 nitrogen and oxygen atoms in total. The molecular formula is C36H54N8O15. The summed E-state index contributed by atoms with van der Waals surface area (Å²) in [5.41, 5.74) is 7.00. The second-order valence-corrected chi connectivity index (χ2v) is 15.1. The van der Waals surface area contributed by atoms with Gasteiger partial charge in [-0.1, -0.05) is 24.6 Å². The Kier molecular flexibility index (Phi) is 15.1. The average Bonchev–Trinajstić information content (AvgIpc) is 3.92. The molecule has 3 aromatic rings. The van der Waals surface area contributed by atoms with Crippen molar-refractivity contribution < 1.29 is 69.3 Å². The first-order valence-corrected chi connectivity index (χ1v) is 19.6. The number of hydrogen-bond acceptors (Lipinski definition) is 20. The van der Waals surface area contributed by atoms with E-state index in [1.165, 1.54) is 6.33 Å². The molecule has 3 fully saturated rings. The number of aliphatic hydroxyl groups is 8. The summed E-state index contributed by atoms with van der Waals surface area (Å²) in [4.78, 5) is 35.4. The Morgan fingerprint density at radius 3 is 2.44 bits per heavy atom. The number of imidazole rings is 1. The molecule has 5 heterocycles. The van der Waals surface area contributed by atoms with Gasteiger partial charge in [-0.25, -0.2) is 4.98 Å². The van der Waals surface area contributed by atoms with Gasteiger partial charge in [-0.15, -0.1) is 5.10 Å². The number of rotatable bonds is 19. The van der Waals surface area contributed by atoms with Gasteiger partial charge < -0.3 is 74.8 Å². The number of aromatic amines is 1. The predicted molar refractivity (Wildman–Crippen MR) is 200 cm³/mol. The number of aryl methyl sites for hydroxylation is 2. The lowest BCUT2D eigenvalue weighted by molar-refractivity contribution is -0.359. The lowest BCUT2D eigenvalue weighted by Gasteiger charge is -2.45. The highest BCUT2D eigenvalue weighted by atomic mass is 16.7. The normalized spacial score (nSPS) is 32.5. The minimum absolute atomic E-state index is 0.0446. The van der Waals surface area contributed by atoms with E-state index < -0.39 is 104 Å². The van der Waals surface area contributed by atoms with Gasteiger partial charge in [0.25, 0.3) is 5.56 Å². The molecule has 23 heteroatoms. The van der Waals surface area contributed by atoms with E-state index in [0.717, 1.165) is 25.0 Å². The maximum absolute atomic E-state index is 12.6. The number of ether oxygens (including phenoxy) is 5. The van der Waals surface area contributed by atoms with Crippen LogP contribution in [0.25, 0.3) is 11.2 Å². The highest BCUT2D eigenvalue weighted by Gasteiger charge is 2.50. The fraction of sp³-hybridized carbons (Fsp3) is 0.722. The van der Waals surface area contributed by atoms with Gasteiger partial charge in [0, 0.05) is 31.7 Å². The largest absolute Gasteiger partial charge is 0.465 e. The van der Waals surface area contributed by atoms with Crippen LogP contribution in [0.3, 0.4) is 0 Å². The molecule has 328 valence electrons. The molecule has 4 unspecified atom stereocenters. The summed E-state index contributed by atoms with van der Waals surface area (Å²) in [5.74, 6) is -0.981. The summed E-state index contributed by atoms with van der Waals surface area (Å²) in [5, 5.41) is 90.1. The molecule has 11 N–H and O–H groups in total. The van der Waals surface area contributed by atoms with Crippen molar-refractivity contribution in [2.75, 3.05) is 32.2 Å². The van der Waals surface area contributed by atoms with Crippen molar-refractivity contribution in [2.24, 2.45) is 5.92 Å². The molecule has 0 radical (unpaired) electrons. The fourth-order valence-corrected chi connectivity index (χ4v) is 7.57. The van der Waals surface area contributed by atoms with E-state index >= 15 is 0 Å². The number of nitrogens with two attached hydrogens (primary N) is 1. The number of aliphatic hydroxyl groups excluding tert-OH is 8. The molecule has 13 atom stereocenters. The first-order chi connectivity index (χ1) is 28.3. The third-order valence-corrected chi connectivity index (χ3v) is 11.0. The molecule has 0 spiro atoms. The molecule has 3 aliphatic rings. The first kappa shape index (κ1) is 44.6. The van der Waals surface area contributed by atoms with Gasteiger partial charge in [0.1, 0.15) is 55.4 Å². The Morgan fingerprint density at radius 2 is 1.68 bits per heavy atom. The van der Waals surface area contributed by atoms with Gasteiger partial charge in [0.2, 0.25) is 5.95 Å². The van der Waals surface area contributed by atoms with E-state index in [1.807, 2.05) is 6.20 Å².